The second-order valence-corrected chi connectivity index (χ2v) is 4.09. The summed E-state index contributed by atoms with van der Waals surface area (Å²) in [5.41, 5.74) is -0.384. The van der Waals surface area contributed by atoms with E-state index in [9.17, 15) is 35.9 Å². The molecule has 0 unspecified atom stereocenters. The van der Waals surface area contributed by atoms with Crippen molar-refractivity contribution in [2.75, 3.05) is 0 Å². The number of hydrogen-bond acceptors (Lipinski definition) is 4. The van der Waals surface area contributed by atoms with Crippen LogP contribution in [0.15, 0.2) is 30.3 Å². The van der Waals surface area contributed by atoms with Crippen LogP contribution in [0.5, 0.6) is 0 Å². The van der Waals surface area contributed by atoms with Gasteiger partial charge in [0.15, 0.2) is 0 Å². The molecule has 0 saturated carbocycles. The van der Waals surface area contributed by atoms with E-state index in [4.69, 9.17) is 0 Å². The molecule has 0 spiro atoms. The van der Waals surface area contributed by atoms with Gasteiger partial charge < -0.3 is 9.47 Å². The Bertz CT molecular complexity index is 521. The standard InChI is InChI=1S/C12H8F6O4/c1-10(7-5-3-2-4-6-7,21-8(19)11(13,14)15)22-9(20)12(16,17)18/h2-6H,1H3. The SMILES string of the molecule is CC(OC(=O)C(F)(F)F)(OC(=O)C(F)(F)F)c1ccccc1. The van der Waals surface area contributed by atoms with Crippen molar-refractivity contribution < 1.29 is 45.4 Å². The minimum atomic E-state index is -5.47. The maximum atomic E-state index is 12.2. The number of alkyl halides is 6. The molecule has 4 nitrogen and oxygen atoms in total. The van der Waals surface area contributed by atoms with Crippen LogP contribution in [0.25, 0.3) is 0 Å². The highest BCUT2D eigenvalue weighted by molar-refractivity contribution is 5.78. The Kier molecular flexibility index (Phi) is 4.73. The molecule has 0 aliphatic carbocycles. The van der Waals surface area contributed by atoms with E-state index < -0.39 is 30.1 Å². The summed E-state index contributed by atoms with van der Waals surface area (Å²) in [7, 11) is 0. The fraction of sp³-hybridized carbons (Fsp3) is 0.333. The van der Waals surface area contributed by atoms with Gasteiger partial charge in [-0.05, 0) is 0 Å². The molecule has 0 aliphatic rings. The predicted molar refractivity (Wildman–Crippen MR) is 58.1 cm³/mol. The molecule has 0 heterocycles. The average Bonchev–Trinajstić information content (AvgIpc) is 2.37. The highest BCUT2D eigenvalue weighted by atomic mass is 19.4. The van der Waals surface area contributed by atoms with Crippen LogP contribution in [0.2, 0.25) is 0 Å². The third kappa shape index (κ3) is 4.37. The molecule has 1 rings (SSSR count). The van der Waals surface area contributed by atoms with Crippen LogP contribution in [0, 0.1) is 0 Å². The summed E-state index contributed by atoms with van der Waals surface area (Å²) < 4.78 is 81.3. The van der Waals surface area contributed by atoms with Gasteiger partial charge in [0, 0.05) is 12.5 Å². The first-order chi connectivity index (χ1) is 9.86. The van der Waals surface area contributed by atoms with Gasteiger partial charge in [0.2, 0.25) is 0 Å². The van der Waals surface area contributed by atoms with E-state index in [-0.39, 0.29) is 5.56 Å². The van der Waals surface area contributed by atoms with Crippen LogP contribution in [0.4, 0.5) is 26.3 Å². The van der Waals surface area contributed by atoms with Crippen molar-refractivity contribution >= 4 is 11.9 Å². The smallest absolute Gasteiger partial charge is 0.412 e. The van der Waals surface area contributed by atoms with Crippen molar-refractivity contribution in [2.24, 2.45) is 0 Å². The Hall–Kier alpha value is -2.26. The second-order valence-electron chi connectivity index (χ2n) is 4.09. The average molecular weight is 330 g/mol. The third-order valence-electron chi connectivity index (χ3n) is 2.34. The lowest BCUT2D eigenvalue weighted by atomic mass is 10.1. The number of hydrogen-bond donors (Lipinski definition) is 0. The first-order valence-corrected chi connectivity index (χ1v) is 5.52. The summed E-state index contributed by atoms with van der Waals surface area (Å²) in [4.78, 5) is 21.7. The maximum absolute atomic E-state index is 12.2. The maximum Gasteiger partial charge on any atom is 0.491 e. The van der Waals surface area contributed by atoms with Crippen molar-refractivity contribution in [3.05, 3.63) is 35.9 Å². The quantitative estimate of drug-likeness (QED) is 0.486. The van der Waals surface area contributed by atoms with Crippen molar-refractivity contribution in [2.45, 2.75) is 25.1 Å². The molecule has 0 aromatic heterocycles. The van der Waals surface area contributed by atoms with Crippen molar-refractivity contribution in [1.29, 1.82) is 0 Å². The molecule has 0 N–H and O–H groups in total. The number of carbonyl (C=O) groups excluding carboxylic acids is 2. The zero-order valence-corrected chi connectivity index (χ0v) is 10.8. The van der Waals surface area contributed by atoms with Crippen LogP contribution in [0.1, 0.15) is 12.5 Å². The molecule has 10 heteroatoms. The number of carbonyl (C=O) groups is 2. The fourth-order valence-electron chi connectivity index (χ4n) is 1.35. The lowest BCUT2D eigenvalue weighted by molar-refractivity contribution is -0.272. The molecule has 1 aromatic carbocycles. The Morgan fingerprint density at radius 2 is 1.18 bits per heavy atom. The summed E-state index contributed by atoms with van der Waals surface area (Å²) in [6.45, 7) is 0.593. The Balaban J connectivity index is 3.16. The molecular weight excluding hydrogens is 322 g/mol. The number of benzene rings is 1. The minimum absolute atomic E-state index is 0.384. The fourth-order valence-corrected chi connectivity index (χ4v) is 1.35. The number of ether oxygens (including phenoxy) is 2. The topological polar surface area (TPSA) is 52.6 Å². The van der Waals surface area contributed by atoms with Crippen molar-refractivity contribution in [3.8, 4) is 0 Å². The van der Waals surface area contributed by atoms with Gasteiger partial charge in [-0.25, -0.2) is 9.59 Å². The van der Waals surface area contributed by atoms with E-state index in [0.29, 0.717) is 6.92 Å². The van der Waals surface area contributed by atoms with Crippen LogP contribution < -0.4 is 0 Å². The van der Waals surface area contributed by atoms with Crippen molar-refractivity contribution in [1.82, 2.24) is 0 Å². The third-order valence-corrected chi connectivity index (χ3v) is 2.34. The molecule has 1 aromatic rings. The molecule has 0 saturated heterocycles. The highest BCUT2D eigenvalue weighted by Crippen LogP contribution is 2.33. The number of rotatable bonds is 3. The summed E-state index contributed by atoms with van der Waals surface area (Å²) in [5, 5.41) is 0. The lowest BCUT2D eigenvalue weighted by Crippen LogP contribution is -2.42. The van der Waals surface area contributed by atoms with Gasteiger partial charge in [-0.2, -0.15) is 26.3 Å². The Morgan fingerprint density at radius 3 is 1.50 bits per heavy atom. The van der Waals surface area contributed by atoms with Crippen LogP contribution in [0.3, 0.4) is 0 Å². The van der Waals surface area contributed by atoms with E-state index in [1.807, 2.05) is 0 Å². The first kappa shape index (κ1) is 17.8. The van der Waals surface area contributed by atoms with Gasteiger partial charge in [-0.15, -0.1) is 0 Å². The Morgan fingerprint density at radius 1 is 0.818 bits per heavy atom. The predicted octanol–water partition coefficient (Wildman–Crippen LogP) is 3.07. The molecule has 0 fully saturated rings. The van der Waals surface area contributed by atoms with E-state index >= 15 is 0 Å². The summed E-state index contributed by atoms with van der Waals surface area (Å²) in [5.74, 6) is -8.48. The van der Waals surface area contributed by atoms with E-state index in [0.717, 1.165) is 12.1 Å². The number of halogens is 6. The van der Waals surface area contributed by atoms with Gasteiger partial charge in [-0.1, -0.05) is 30.3 Å². The lowest BCUT2D eigenvalue weighted by Gasteiger charge is -2.30. The normalized spacial score (nSPS) is 12.7. The molecule has 0 bridgehead atoms. The zero-order chi connectivity index (χ0) is 17.2. The van der Waals surface area contributed by atoms with Gasteiger partial charge in [0.1, 0.15) is 0 Å². The van der Waals surface area contributed by atoms with E-state index in [2.05, 4.69) is 9.47 Å². The van der Waals surface area contributed by atoms with Crippen LogP contribution in [-0.4, -0.2) is 24.3 Å². The molecule has 0 radical (unpaired) electrons. The highest BCUT2D eigenvalue weighted by Gasteiger charge is 2.51. The minimum Gasteiger partial charge on any atom is -0.412 e. The van der Waals surface area contributed by atoms with Gasteiger partial charge in [0.25, 0.3) is 5.79 Å². The van der Waals surface area contributed by atoms with Crippen LogP contribution in [-0.2, 0) is 24.8 Å². The molecule has 0 aliphatic heterocycles. The molecular formula is C12H8F6O4. The summed E-state index contributed by atoms with van der Waals surface area (Å²) >= 11 is 0. The monoisotopic (exact) mass is 330 g/mol. The zero-order valence-electron chi connectivity index (χ0n) is 10.8. The molecule has 0 atom stereocenters. The second kappa shape index (κ2) is 5.85. The van der Waals surface area contributed by atoms with Gasteiger partial charge in [0.05, 0.1) is 0 Å². The molecule has 122 valence electrons. The Labute approximate surface area is 119 Å². The number of esters is 2. The van der Waals surface area contributed by atoms with Crippen molar-refractivity contribution in [3.63, 3.8) is 0 Å². The largest absolute Gasteiger partial charge is 0.491 e. The van der Waals surface area contributed by atoms with E-state index in [1.165, 1.54) is 18.2 Å². The molecule has 0 amide bonds. The first-order valence-electron chi connectivity index (χ1n) is 5.52. The van der Waals surface area contributed by atoms with E-state index in [1.54, 1.807) is 0 Å². The summed E-state index contributed by atoms with van der Waals surface area (Å²) in [6, 6.07) is 5.97. The van der Waals surface area contributed by atoms with Gasteiger partial charge >= 0.3 is 24.3 Å². The summed E-state index contributed by atoms with van der Waals surface area (Å²) in [6.07, 6.45) is -10.9. The molecule has 22 heavy (non-hydrogen) atoms. The van der Waals surface area contributed by atoms with Crippen LogP contribution >= 0.6 is 0 Å². The van der Waals surface area contributed by atoms with Gasteiger partial charge in [-0.3, -0.25) is 0 Å².